The van der Waals surface area contributed by atoms with E-state index < -0.39 is 0 Å². The minimum absolute atomic E-state index is 0.0253. The van der Waals surface area contributed by atoms with Gasteiger partial charge in [-0.2, -0.15) is 0 Å². The van der Waals surface area contributed by atoms with Crippen molar-refractivity contribution in [1.82, 2.24) is 9.97 Å². The van der Waals surface area contributed by atoms with Gasteiger partial charge in [0.15, 0.2) is 17.3 Å². The first kappa shape index (κ1) is 24.5. The Morgan fingerprint density at radius 2 is 1.70 bits per heavy atom. The molecule has 1 heterocycles. The standard InChI is InChI=1S/C25H33N3O5/c1-6-8-15(9-7-2)24(30)28-25-26-14-18-19(27-25)10-16(11-20(18)29)17-12-21(31-3)23(33-5)22(13-17)32-4/h12-16H,6-11H2,1-5H3,(H,26,27,28,30). The molecule has 1 aromatic heterocycles. The number of Topliss-reactive ketones (excluding diaryl/α,β-unsaturated/α-hetero) is 1. The summed E-state index contributed by atoms with van der Waals surface area (Å²) in [5.74, 6) is 1.57. The zero-order valence-electron chi connectivity index (χ0n) is 20.1. The SMILES string of the molecule is CCCC(CCC)C(=O)Nc1ncc2c(n1)CC(c1cc(OC)c(OC)c(OC)c1)CC2=O. The molecular weight excluding hydrogens is 422 g/mol. The molecule has 1 amide bonds. The molecule has 1 aromatic carbocycles. The Kier molecular flexibility index (Phi) is 8.25. The van der Waals surface area contributed by atoms with Gasteiger partial charge in [-0.1, -0.05) is 26.7 Å². The molecule has 1 unspecified atom stereocenters. The molecule has 8 heteroatoms. The van der Waals surface area contributed by atoms with Crippen LogP contribution < -0.4 is 19.5 Å². The fourth-order valence-electron chi connectivity index (χ4n) is 4.39. The van der Waals surface area contributed by atoms with E-state index >= 15 is 0 Å². The summed E-state index contributed by atoms with van der Waals surface area (Å²) in [6.45, 7) is 4.14. The average molecular weight is 456 g/mol. The van der Waals surface area contributed by atoms with Gasteiger partial charge >= 0.3 is 0 Å². The third-order valence-corrected chi connectivity index (χ3v) is 6.08. The van der Waals surface area contributed by atoms with Crippen LogP contribution in [0.15, 0.2) is 18.3 Å². The number of amides is 1. The van der Waals surface area contributed by atoms with Crippen molar-refractivity contribution in [1.29, 1.82) is 0 Å². The van der Waals surface area contributed by atoms with Gasteiger partial charge in [-0.15, -0.1) is 0 Å². The van der Waals surface area contributed by atoms with Gasteiger partial charge in [0, 0.05) is 18.5 Å². The Morgan fingerprint density at radius 3 is 2.24 bits per heavy atom. The van der Waals surface area contributed by atoms with Gasteiger partial charge in [-0.05, 0) is 42.9 Å². The number of aromatic nitrogens is 2. The van der Waals surface area contributed by atoms with Crippen LogP contribution in [0.25, 0.3) is 0 Å². The van der Waals surface area contributed by atoms with Crippen molar-refractivity contribution in [3.8, 4) is 17.2 Å². The number of benzene rings is 1. The number of hydrogen-bond donors (Lipinski definition) is 1. The molecule has 0 bridgehead atoms. The number of hydrogen-bond acceptors (Lipinski definition) is 7. The molecule has 0 aliphatic heterocycles. The molecule has 1 N–H and O–H groups in total. The summed E-state index contributed by atoms with van der Waals surface area (Å²) in [5.41, 5.74) is 2.05. The lowest BCUT2D eigenvalue weighted by Crippen LogP contribution is -2.26. The second kappa shape index (κ2) is 11.1. The first-order valence-corrected chi connectivity index (χ1v) is 11.4. The Hall–Kier alpha value is -3.16. The number of carbonyl (C=O) groups excluding carboxylic acids is 2. The van der Waals surface area contributed by atoms with Gasteiger partial charge in [0.25, 0.3) is 0 Å². The lowest BCUT2D eigenvalue weighted by molar-refractivity contribution is -0.120. The molecule has 1 aliphatic rings. The van der Waals surface area contributed by atoms with Crippen molar-refractivity contribution in [2.45, 2.75) is 58.3 Å². The highest BCUT2D eigenvalue weighted by Gasteiger charge is 2.30. The van der Waals surface area contributed by atoms with E-state index in [1.165, 1.54) is 6.20 Å². The van der Waals surface area contributed by atoms with Crippen LogP contribution in [0.2, 0.25) is 0 Å². The van der Waals surface area contributed by atoms with E-state index in [0.29, 0.717) is 41.3 Å². The fourth-order valence-corrected chi connectivity index (χ4v) is 4.39. The quantitative estimate of drug-likeness (QED) is 0.560. The summed E-state index contributed by atoms with van der Waals surface area (Å²) < 4.78 is 16.3. The number of nitrogens with zero attached hydrogens (tertiary/aromatic N) is 2. The number of anilines is 1. The van der Waals surface area contributed by atoms with Gasteiger partial charge < -0.3 is 14.2 Å². The lowest BCUT2D eigenvalue weighted by atomic mass is 9.82. The summed E-state index contributed by atoms with van der Waals surface area (Å²) in [4.78, 5) is 34.4. The van der Waals surface area contributed by atoms with Crippen LogP contribution in [0.3, 0.4) is 0 Å². The monoisotopic (exact) mass is 455 g/mol. The maximum absolute atomic E-state index is 12.9. The van der Waals surface area contributed by atoms with Crippen molar-refractivity contribution in [3.05, 3.63) is 35.2 Å². The van der Waals surface area contributed by atoms with Crippen LogP contribution in [-0.4, -0.2) is 43.0 Å². The molecule has 1 aliphatic carbocycles. The highest BCUT2D eigenvalue weighted by molar-refractivity contribution is 5.99. The number of methoxy groups -OCH3 is 3. The molecule has 178 valence electrons. The van der Waals surface area contributed by atoms with Gasteiger partial charge in [0.05, 0.1) is 32.6 Å². The molecule has 8 nitrogen and oxygen atoms in total. The summed E-state index contributed by atoms with van der Waals surface area (Å²) >= 11 is 0. The van der Waals surface area contributed by atoms with Gasteiger partial charge in [-0.25, -0.2) is 9.97 Å². The van der Waals surface area contributed by atoms with Crippen molar-refractivity contribution < 1.29 is 23.8 Å². The molecule has 0 saturated carbocycles. The average Bonchev–Trinajstić information content (AvgIpc) is 2.82. The number of rotatable bonds is 10. The van der Waals surface area contributed by atoms with Crippen molar-refractivity contribution in [2.75, 3.05) is 26.6 Å². The lowest BCUT2D eigenvalue weighted by Gasteiger charge is -2.25. The highest BCUT2D eigenvalue weighted by atomic mass is 16.5. The second-order valence-electron chi connectivity index (χ2n) is 8.30. The summed E-state index contributed by atoms with van der Waals surface area (Å²) in [5, 5.41) is 2.85. The predicted octanol–water partition coefficient (Wildman–Crippen LogP) is 4.57. The van der Waals surface area contributed by atoms with Crippen LogP contribution in [0, 0.1) is 5.92 Å². The smallest absolute Gasteiger partial charge is 0.229 e. The summed E-state index contributed by atoms with van der Waals surface area (Å²) in [7, 11) is 4.68. The van der Waals surface area contributed by atoms with E-state index in [1.54, 1.807) is 21.3 Å². The molecule has 0 radical (unpaired) electrons. The van der Waals surface area contributed by atoms with Crippen molar-refractivity contribution in [3.63, 3.8) is 0 Å². The Balaban J connectivity index is 1.87. The van der Waals surface area contributed by atoms with Gasteiger partial charge in [0.1, 0.15) is 0 Å². The van der Waals surface area contributed by atoms with E-state index in [-0.39, 0.29) is 29.5 Å². The summed E-state index contributed by atoms with van der Waals surface area (Å²) in [6.07, 6.45) is 5.93. The fraction of sp³-hybridized carbons (Fsp3) is 0.520. The number of carbonyl (C=O) groups is 2. The largest absolute Gasteiger partial charge is 0.493 e. The predicted molar refractivity (Wildman–Crippen MR) is 125 cm³/mol. The molecule has 1 atom stereocenters. The number of ether oxygens (including phenoxy) is 3. The Morgan fingerprint density at radius 1 is 1.06 bits per heavy atom. The zero-order chi connectivity index (χ0) is 24.0. The first-order chi connectivity index (χ1) is 15.9. The number of nitrogens with one attached hydrogen (secondary N) is 1. The van der Waals surface area contributed by atoms with E-state index in [2.05, 4.69) is 29.1 Å². The van der Waals surface area contributed by atoms with E-state index in [0.717, 1.165) is 31.2 Å². The highest BCUT2D eigenvalue weighted by Crippen LogP contribution is 2.42. The number of fused-ring (bicyclic) bond motifs is 1. The van der Waals surface area contributed by atoms with Crippen LogP contribution >= 0.6 is 0 Å². The van der Waals surface area contributed by atoms with E-state index in [1.807, 2.05) is 12.1 Å². The normalized spacial score (nSPS) is 15.2. The van der Waals surface area contributed by atoms with Crippen LogP contribution in [0.4, 0.5) is 5.95 Å². The summed E-state index contributed by atoms with van der Waals surface area (Å²) in [6, 6.07) is 3.74. The molecule has 0 spiro atoms. The third kappa shape index (κ3) is 5.43. The van der Waals surface area contributed by atoms with Gasteiger partial charge in [-0.3, -0.25) is 14.9 Å². The molecular formula is C25H33N3O5. The topological polar surface area (TPSA) is 99.6 Å². The second-order valence-corrected chi connectivity index (χ2v) is 8.30. The van der Waals surface area contributed by atoms with Crippen LogP contribution in [0.5, 0.6) is 17.2 Å². The molecule has 0 fully saturated rings. The molecule has 3 rings (SSSR count). The van der Waals surface area contributed by atoms with Crippen molar-refractivity contribution in [2.24, 2.45) is 5.92 Å². The Labute approximate surface area is 195 Å². The zero-order valence-corrected chi connectivity index (χ0v) is 20.1. The first-order valence-electron chi connectivity index (χ1n) is 11.4. The minimum Gasteiger partial charge on any atom is -0.493 e. The minimum atomic E-state index is -0.106. The van der Waals surface area contributed by atoms with E-state index in [9.17, 15) is 9.59 Å². The third-order valence-electron chi connectivity index (χ3n) is 6.08. The maximum Gasteiger partial charge on any atom is 0.229 e. The van der Waals surface area contributed by atoms with Crippen LogP contribution in [0.1, 0.15) is 73.5 Å². The van der Waals surface area contributed by atoms with E-state index in [4.69, 9.17) is 14.2 Å². The van der Waals surface area contributed by atoms with Crippen molar-refractivity contribution >= 4 is 17.6 Å². The maximum atomic E-state index is 12.9. The van der Waals surface area contributed by atoms with Gasteiger partial charge in [0.2, 0.25) is 17.6 Å². The molecule has 0 saturated heterocycles. The molecule has 33 heavy (non-hydrogen) atoms. The number of ketones is 1. The Bertz CT molecular complexity index is 977. The van der Waals surface area contributed by atoms with Crippen LogP contribution in [-0.2, 0) is 11.2 Å². The molecule has 2 aromatic rings.